The van der Waals surface area contributed by atoms with Crippen LogP contribution in [0.15, 0.2) is 42.5 Å². The van der Waals surface area contributed by atoms with Crippen molar-refractivity contribution in [3.8, 4) is 5.75 Å². The molecule has 2 aromatic carbocycles. The lowest BCUT2D eigenvalue weighted by molar-refractivity contribution is -0.128. The Kier molecular flexibility index (Phi) is 3.97. The maximum atomic E-state index is 13.5. The molecule has 0 aliphatic carbocycles. The number of para-hydroxylation sites is 2. The highest BCUT2D eigenvalue weighted by atomic mass is 19.1. The number of benzene rings is 2. The van der Waals surface area contributed by atoms with Crippen LogP contribution in [0, 0.1) is 12.7 Å². The van der Waals surface area contributed by atoms with Crippen molar-refractivity contribution < 1.29 is 18.7 Å². The number of halogens is 1. The lowest BCUT2D eigenvalue weighted by Crippen LogP contribution is -2.39. The molecule has 0 aromatic heterocycles. The molecule has 3 rings (SSSR count). The first-order valence-corrected chi connectivity index (χ1v) is 7.15. The molecular formula is C17H15FN2O3. The molecule has 0 bridgehead atoms. The second kappa shape index (κ2) is 6.08. The van der Waals surface area contributed by atoms with Crippen molar-refractivity contribution >= 4 is 23.2 Å². The van der Waals surface area contributed by atoms with Gasteiger partial charge < -0.3 is 15.4 Å². The summed E-state index contributed by atoms with van der Waals surface area (Å²) in [5.74, 6) is -0.684. The molecule has 1 aliphatic rings. The largest absolute Gasteiger partial charge is 0.478 e. The van der Waals surface area contributed by atoms with Crippen LogP contribution in [0.4, 0.5) is 15.8 Å². The Morgan fingerprint density at radius 2 is 2.09 bits per heavy atom. The molecule has 5 nitrogen and oxygen atoms in total. The number of hydrogen-bond donors (Lipinski definition) is 2. The van der Waals surface area contributed by atoms with E-state index in [-0.39, 0.29) is 12.3 Å². The number of aryl methyl sites for hydroxylation is 1. The van der Waals surface area contributed by atoms with Gasteiger partial charge >= 0.3 is 0 Å². The minimum absolute atomic E-state index is 0.157. The van der Waals surface area contributed by atoms with Gasteiger partial charge in [-0.25, -0.2) is 4.39 Å². The van der Waals surface area contributed by atoms with Crippen molar-refractivity contribution in [1.82, 2.24) is 0 Å². The minimum atomic E-state index is -0.916. The average Bonchev–Trinajstić information content (AvgIpc) is 2.51. The molecule has 1 atom stereocenters. The van der Waals surface area contributed by atoms with E-state index >= 15 is 0 Å². The lowest BCUT2D eigenvalue weighted by atomic mass is 10.1. The van der Waals surface area contributed by atoms with Crippen LogP contribution in [0.2, 0.25) is 0 Å². The van der Waals surface area contributed by atoms with Gasteiger partial charge in [-0.2, -0.15) is 0 Å². The molecule has 118 valence electrons. The van der Waals surface area contributed by atoms with Crippen molar-refractivity contribution in [3.63, 3.8) is 0 Å². The summed E-state index contributed by atoms with van der Waals surface area (Å²) >= 11 is 0. The molecule has 2 N–H and O–H groups in total. The van der Waals surface area contributed by atoms with E-state index < -0.39 is 17.8 Å². The van der Waals surface area contributed by atoms with E-state index in [0.29, 0.717) is 22.7 Å². The number of anilines is 2. The zero-order valence-electron chi connectivity index (χ0n) is 12.4. The zero-order chi connectivity index (χ0) is 16.4. The van der Waals surface area contributed by atoms with Gasteiger partial charge in [-0.1, -0.05) is 18.2 Å². The summed E-state index contributed by atoms with van der Waals surface area (Å²) in [6.45, 7) is 1.64. The molecule has 0 saturated carbocycles. The zero-order valence-corrected chi connectivity index (χ0v) is 12.4. The monoisotopic (exact) mass is 314 g/mol. The molecule has 1 aliphatic heterocycles. The first-order chi connectivity index (χ1) is 11.0. The van der Waals surface area contributed by atoms with Crippen LogP contribution in [0.1, 0.15) is 12.0 Å². The highest BCUT2D eigenvalue weighted by molar-refractivity contribution is 6.01. The first kappa shape index (κ1) is 15.0. The Morgan fingerprint density at radius 3 is 2.87 bits per heavy atom. The van der Waals surface area contributed by atoms with E-state index in [1.165, 1.54) is 6.07 Å². The molecule has 0 unspecified atom stereocenters. The summed E-state index contributed by atoms with van der Waals surface area (Å²) in [5.41, 5.74) is 1.42. The Bertz CT molecular complexity index is 776. The molecule has 23 heavy (non-hydrogen) atoms. The molecule has 0 fully saturated rings. The topological polar surface area (TPSA) is 67.4 Å². The summed E-state index contributed by atoms with van der Waals surface area (Å²) in [6, 6.07) is 11.4. The van der Waals surface area contributed by atoms with Crippen LogP contribution in [0.5, 0.6) is 5.75 Å². The highest BCUT2D eigenvalue weighted by Crippen LogP contribution is 2.29. The summed E-state index contributed by atoms with van der Waals surface area (Å²) < 4.78 is 19.0. The van der Waals surface area contributed by atoms with E-state index in [1.807, 2.05) is 0 Å². The average molecular weight is 314 g/mol. The molecule has 2 amide bonds. The van der Waals surface area contributed by atoms with Gasteiger partial charge in [0.2, 0.25) is 5.91 Å². The number of hydrogen-bond acceptors (Lipinski definition) is 3. The SMILES string of the molecule is Cc1ccc(NC(=O)C[C@H]2Oc3ccccc3NC2=O)cc1F. The molecule has 0 spiro atoms. The minimum Gasteiger partial charge on any atom is -0.478 e. The predicted molar refractivity (Wildman–Crippen MR) is 83.9 cm³/mol. The van der Waals surface area contributed by atoms with Crippen molar-refractivity contribution in [2.45, 2.75) is 19.4 Å². The number of carbonyl (C=O) groups is 2. The number of amides is 2. The molecule has 0 radical (unpaired) electrons. The van der Waals surface area contributed by atoms with Gasteiger partial charge in [0.15, 0.2) is 6.10 Å². The quantitative estimate of drug-likeness (QED) is 0.915. The fourth-order valence-corrected chi connectivity index (χ4v) is 2.28. The van der Waals surface area contributed by atoms with Crippen molar-refractivity contribution in [3.05, 3.63) is 53.8 Å². The van der Waals surface area contributed by atoms with Gasteiger partial charge in [0.25, 0.3) is 5.91 Å². The van der Waals surface area contributed by atoms with E-state index in [0.717, 1.165) is 0 Å². The van der Waals surface area contributed by atoms with E-state index in [2.05, 4.69) is 10.6 Å². The Labute approximate surface area is 132 Å². The first-order valence-electron chi connectivity index (χ1n) is 7.15. The molecular weight excluding hydrogens is 299 g/mol. The molecule has 1 heterocycles. The van der Waals surface area contributed by atoms with Crippen molar-refractivity contribution in [2.24, 2.45) is 0 Å². The standard InChI is InChI=1S/C17H15FN2O3/c1-10-6-7-11(8-12(10)18)19-16(21)9-15-17(22)20-13-4-2-3-5-14(13)23-15/h2-8,15H,9H2,1H3,(H,19,21)(H,20,22)/t15-/m1/s1. The highest BCUT2D eigenvalue weighted by Gasteiger charge is 2.29. The fourth-order valence-electron chi connectivity index (χ4n) is 2.28. The van der Waals surface area contributed by atoms with E-state index in [1.54, 1.807) is 43.3 Å². The Morgan fingerprint density at radius 1 is 1.30 bits per heavy atom. The van der Waals surface area contributed by atoms with Crippen LogP contribution in [-0.4, -0.2) is 17.9 Å². The van der Waals surface area contributed by atoms with Crippen LogP contribution < -0.4 is 15.4 Å². The van der Waals surface area contributed by atoms with Gasteiger partial charge in [-0.3, -0.25) is 9.59 Å². The second-order valence-electron chi connectivity index (χ2n) is 5.31. The fraction of sp³-hybridized carbons (Fsp3) is 0.176. The van der Waals surface area contributed by atoms with Gasteiger partial charge in [0.1, 0.15) is 11.6 Å². The summed E-state index contributed by atoms with van der Waals surface area (Å²) in [4.78, 5) is 24.0. The number of carbonyl (C=O) groups excluding carboxylic acids is 2. The van der Waals surface area contributed by atoms with Gasteiger partial charge in [0.05, 0.1) is 12.1 Å². The number of ether oxygens (including phenoxy) is 1. The Balaban J connectivity index is 1.66. The van der Waals surface area contributed by atoms with Crippen molar-refractivity contribution in [1.29, 1.82) is 0 Å². The summed E-state index contributed by atoms with van der Waals surface area (Å²) in [5, 5.41) is 5.25. The van der Waals surface area contributed by atoms with Crippen molar-refractivity contribution in [2.75, 3.05) is 10.6 Å². The van der Waals surface area contributed by atoms with Gasteiger partial charge in [0, 0.05) is 5.69 Å². The number of nitrogens with one attached hydrogen (secondary N) is 2. The van der Waals surface area contributed by atoms with Crippen LogP contribution >= 0.6 is 0 Å². The smallest absolute Gasteiger partial charge is 0.266 e. The number of rotatable bonds is 3. The maximum Gasteiger partial charge on any atom is 0.266 e. The van der Waals surface area contributed by atoms with E-state index in [4.69, 9.17) is 4.74 Å². The van der Waals surface area contributed by atoms with Crippen LogP contribution in [0.3, 0.4) is 0 Å². The lowest BCUT2D eigenvalue weighted by Gasteiger charge is -2.25. The van der Waals surface area contributed by atoms with Gasteiger partial charge in [-0.15, -0.1) is 0 Å². The molecule has 2 aromatic rings. The summed E-state index contributed by atoms with van der Waals surface area (Å²) in [7, 11) is 0. The summed E-state index contributed by atoms with van der Waals surface area (Å²) in [6.07, 6.45) is -1.07. The number of fused-ring (bicyclic) bond motifs is 1. The van der Waals surface area contributed by atoms with Crippen LogP contribution in [0.25, 0.3) is 0 Å². The third-order valence-electron chi connectivity index (χ3n) is 3.53. The predicted octanol–water partition coefficient (Wildman–Crippen LogP) is 2.86. The molecule has 0 saturated heterocycles. The third kappa shape index (κ3) is 3.31. The maximum absolute atomic E-state index is 13.5. The van der Waals surface area contributed by atoms with Gasteiger partial charge in [-0.05, 0) is 36.8 Å². The second-order valence-corrected chi connectivity index (χ2v) is 5.31. The normalized spacial score (nSPS) is 16.1. The van der Waals surface area contributed by atoms with Crippen LogP contribution in [-0.2, 0) is 9.59 Å². The Hall–Kier alpha value is -2.89. The third-order valence-corrected chi connectivity index (χ3v) is 3.53. The van der Waals surface area contributed by atoms with E-state index in [9.17, 15) is 14.0 Å². The molecule has 6 heteroatoms.